The minimum absolute atomic E-state index is 0.115. The summed E-state index contributed by atoms with van der Waals surface area (Å²) >= 11 is 0. The first-order valence-corrected chi connectivity index (χ1v) is 7.73. The highest BCUT2D eigenvalue weighted by Crippen LogP contribution is 2.22. The Morgan fingerprint density at radius 3 is 2.55 bits per heavy atom. The monoisotopic (exact) mass is 302 g/mol. The summed E-state index contributed by atoms with van der Waals surface area (Å²) < 4.78 is 24.9. The number of hydrogen-bond acceptors (Lipinski definition) is 6. The fraction of sp³-hybridized carbons (Fsp3) is 0.545. The molecule has 1 rings (SSSR count). The van der Waals surface area contributed by atoms with E-state index in [2.05, 4.69) is 15.0 Å². The largest absolute Gasteiger partial charge is 0.362 e. The van der Waals surface area contributed by atoms with Crippen molar-refractivity contribution in [3.05, 3.63) is 27.9 Å². The van der Waals surface area contributed by atoms with Gasteiger partial charge in [0.25, 0.3) is 0 Å². The molecule has 0 saturated carbocycles. The number of anilines is 1. The van der Waals surface area contributed by atoms with Gasteiger partial charge in [0.05, 0.1) is 11.2 Å². The lowest BCUT2D eigenvalue weighted by Crippen LogP contribution is -2.47. The number of aryl methyl sites for hydroxylation is 1. The van der Waals surface area contributed by atoms with Crippen LogP contribution in [0.3, 0.4) is 0 Å². The smallest absolute Gasteiger partial charge is 0.311 e. The van der Waals surface area contributed by atoms with E-state index in [1.54, 1.807) is 20.8 Å². The van der Waals surface area contributed by atoms with Gasteiger partial charge >= 0.3 is 5.69 Å². The molecule has 1 aromatic rings. The van der Waals surface area contributed by atoms with E-state index in [9.17, 15) is 18.5 Å². The fourth-order valence-corrected chi connectivity index (χ4v) is 2.75. The second kappa shape index (κ2) is 5.71. The Balaban J connectivity index is 2.87. The van der Waals surface area contributed by atoms with Crippen molar-refractivity contribution < 1.29 is 13.3 Å². The van der Waals surface area contributed by atoms with Gasteiger partial charge in [-0.1, -0.05) is 0 Å². The number of rotatable bonds is 6. The Labute approximate surface area is 117 Å². The third-order valence-electron chi connectivity index (χ3n) is 2.36. The summed E-state index contributed by atoms with van der Waals surface area (Å²) in [4.78, 5) is 14.4. The van der Waals surface area contributed by atoms with Gasteiger partial charge < -0.3 is 5.32 Å². The van der Waals surface area contributed by atoms with E-state index in [1.807, 2.05) is 0 Å². The zero-order chi connectivity index (χ0) is 15.6. The van der Waals surface area contributed by atoms with E-state index in [4.69, 9.17) is 0 Å². The van der Waals surface area contributed by atoms with Gasteiger partial charge in [-0.2, -0.15) is 0 Å². The number of aromatic nitrogens is 1. The molecule has 0 aromatic carbocycles. The van der Waals surface area contributed by atoms with E-state index < -0.39 is 20.5 Å². The molecule has 9 heteroatoms. The maximum Gasteiger partial charge on any atom is 0.311 e. The highest BCUT2D eigenvalue weighted by Gasteiger charge is 2.24. The number of nitrogens with zero attached hydrogens (tertiary/aromatic N) is 2. The van der Waals surface area contributed by atoms with Crippen LogP contribution in [0.25, 0.3) is 0 Å². The lowest BCUT2D eigenvalue weighted by Gasteiger charge is -2.25. The molecule has 0 fully saturated rings. The van der Waals surface area contributed by atoms with Gasteiger partial charge in [0.2, 0.25) is 15.8 Å². The van der Waals surface area contributed by atoms with E-state index in [1.165, 1.54) is 12.3 Å². The van der Waals surface area contributed by atoms with Crippen molar-refractivity contribution in [3.63, 3.8) is 0 Å². The van der Waals surface area contributed by atoms with E-state index in [0.717, 1.165) is 6.26 Å². The quantitative estimate of drug-likeness (QED) is 0.599. The Morgan fingerprint density at radius 2 is 2.05 bits per heavy atom. The molecule has 1 aromatic heterocycles. The van der Waals surface area contributed by atoms with Gasteiger partial charge in [0, 0.05) is 24.3 Å². The molecule has 0 atom stereocenters. The van der Waals surface area contributed by atoms with Crippen LogP contribution < -0.4 is 10.0 Å². The topological polar surface area (TPSA) is 114 Å². The maximum atomic E-state index is 11.2. The minimum atomic E-state index is -3.36. The molecule has 2 N–H and O–H groups in total. The van der Waals surface area contributed by atoms with Crippen LogP contribution in [-0.4, -0.2) is 36.7 Å². The van der Waals surface area contributed by atoms with Crippen LogP contribution in [0.1, 0.15) is 19.4 Å². The zero-order valence-electron chi connectivity index (χ0n) is 11.8. The summed E-state index contributed by atoms with van der Waals surface area (Å²) in [5.74, 6) is 0.115. The Morgan fingerprint density at radius 1 is 1.45 bits per heavy atom. The molecule has 0 spiro atoms. The molecular weight excluding hydrogens is 284 g/mol. The molecule has 8 nitrogen and oxygen atoms in total. The summed E-state index contributed by atoms with van der Waals surface area (Å²) in [6.07, 6.45) is 2.56. The van der Waals surface area contributed by atoms with E-state index in [0.29, 0.717) is 5.56 Å². The lowest BCUT2D eigenvalue weighted by atomic mass is 10.1. The van der Waals surface area contributed by atoms with Crippen LogP contribution in [0.5, 0.6) is 0 Å². The summed E-state index contributed by atoms with van der Waals surface area (Å²) in [5, 5.41) is 13.7. The molecule has 0 amide bonds. The van der Waals surface area contributed by atoms with Gasteiger partial charge in [0.1, 0.15) is 0 Å². The highest BCUT2D eigenvalue weighted by atomic mass is 32.2. The van der Waals surface area contributed by atoms with Gasteiger partial charge in [-0.3, -0.25) is 10.1 Å². The standard InChI is InChI=1S/C11H18N4O4S/c1-8-5-9(15(16)17)10(12-6-8)13-7-11(2,3)14-20(4,18)19/h5-6,14H,7H2,1-4H3,(H,12,13). The molecule has 0 aliphatic rings. The molecular formula is C11H18N4O4S. The Kier molecular flexibility index (Phi) is 4.66. The van der Waals surface area contributed by atoms with E-state index in [-0.39, 0.29) is 18.1 Å². The van der Waals surface area contributed by atoms with Gasteiger partial charge in [-0.05, 0) is 26.3 Å². The van der Waals surface area contributed by atoms with Crippen molar-refractivity contribution in [1.29, 1.82) is 0 Å². The summed E-state index contributed by atoms with van der Waals surface area (Å²) in [6, 6.07) is 1.41. The van der Waals surface area contributed by atoms with Crippen LogP contribution in [0.2, 0.25) is 0 Å². The summed E-state index contributed by atoms with van der Waals surface area (Å²) in [5.41, 5.74) is -0.260. The second-order valence-corrected chi connectivity index (χ2v) is 7.00. The molecule has 0 saturated heterocycles. The average Bonchev–Trinajstić information content (AvgIpc) is 2.23. The first-order chi connectivity index (χ1) is 9.00. The van der Waals surface area contributed by atoms with Crippen LogP contribution in [0, 0.1) is 17.0 Å². The van der Waals surface area contributed by atoms with Gasteiger partial charge in [-0.25, -0.2) is 18.1 Å². The average molecular weight is 302 g/mol. The van der Waals surface area contributed by atoms with Gasteiger partial charge in [0.15, 0.2) is 0 Å². The summed E-state index contributed by atoms with van der Waals surface area (Å²) in [7, 11) is -3.36. The molecule has 112 valence electrons. The maximum absolute atomic E-state index is 11.2. The summed E-state index contributed by atoms with van der Waals surface area (Å²) in [6.45, 7) is 5.21. The molecule has 1 heterocycles. The number of nitrogens with one attached hydrogen (secondary N) is 2. The first-order valence-electron chi connectivity index (χ1n) is 5.84. The first kappa shape index (κ1) is 16.3. The van der Waals surface area contributed by atoms with Crippen LogP contribution in [0.4, 0.5) is 11.5 Å². The lowest BCUT2D eigenvalue weighted by molar-refractivity contribution is -0.384. The van der Waals surface area contributed by atoms with Crippen molar-refractivity contribution in [1.82, 2.24) is 9.71 Å². The molecule has 20 heavy (non-hydrogen) atoms. The van der Waals surface area contributed by atoms with Crippen molar-refractivity contribution >= 4 is 21.5 Å². The van der Waals surface area contributed by atoms with Gasteiger partial charge in [-0.15, -0.1) is 0 Å². The number of nitro groups is 1. The van der Waals surface area contributed by atoms with Crippen molar-refractivity contribution in [2.75, 3.05) is 18.1 Å². The predicted octanol–water partition coefficient (Wildman–Crippen LogP) is 1.04. The van der Waals surface area contributed by atoms with Crippen molar-refractivity contribution in [3.8, 4) is 0 Å². The number of pyridine rings is 1. The molecule has 0 bridgehead atoms. The Hall–Kier alpha value is -1.74. The van der Waals surface area contributed by atoms with Crippen molar-refractivity contribution in [2.45, 2.75) is 26.3 Å². The van der Waals surface area contributed by atoms with E-state index >= 15 is 0 Å². The molecule has 0 aliphatic heterocycles. The predicted molar refractivity (Wildman–Crippen MR) is 76.2 cm³/mol. The normalized spacial score (nSPS) is 12.2. The third kappa shape index (κ3) is 5.10. The molecule has 0 radical (unpaired) electrons. The number of sulfonamides is 1. The van der Waals surface area contributed by atoms with Crippen LogP contribution in [0.15, 0.2) is 12.3 Å². The minimum Gasteiger partial charge on any atom is -0.362 e. The molecule has 0 unspecified atom stereocenters. The highest BCUT2D eigenvalue weighted by molar-refractivity contribution is 7.88. The third-order valence-corrected chi connectivity index (χ3v) is 3.28. The van der Waals surface area contributed by atoms with Crippen LogP contribution in [-0.2, 0) is 10.0 Å². The second-order valence-electron chi connectivity index (χ2n) is 5.25. The fourth-order valence-electron chi connectivity index (χ4n) is 1.67. The zero-order valence-corrected chi connectivity index (χ0v) is 12.6. The van der Waals surface area contributed by atoms with Crippen molar-refractivity contribution in [2.24, 2.45) is 0 Å². The number of hydrogen-bond donors (Lipinski definition) is 2. The SMILES string of the molecule is Cc1cnc(NCC(C)(C)NS(C)(=O)=O)c([N+](=O)[O-])c1. The Bertz CT molecular complexity index is 613. The van der Waals surface area contributed by atoms with Crippen LogP contribution >= 0.6 is 0 Å². The molecule has 0 aliphatic carbocycles.